The molecular weight excluding hydrogens is 350 g/mol. The summed E-state index contributed by atoms with van der Waals surface area (Å²) in [5, 5.41) is 6.85. The first kappa shape index (κ1) is 19.9. The lowest BCUT2D eigenvalue weighted by atomic mass is 9.88. The number of nitrogens with zero attached hydrogens (tertiary/aromatic N) is 1. The number of halogens is 1. The molecule has 2 bridgehead atoms. The minimum atomic E-state index is 0. The second-order valence-corrected chi connectivity index (χ2v) is 8.85. The Balaban J connectivity index is 0.00000196. The molecule has 6 heteroatoms. The van der Waals surface area contributed by atoms with Gasteiger partial charge in [0, 0.05) is 43.6 Å². The van der Waals surface area contributed by atoms with Gasteiger partial charge in [0.15, 0.2) is 0 Å². The maximum Gasteiger partial charge on any atom is 0.225 e. The van der Waals surface area contributed by atoms with Gasteiger partial charge in [-0.3, -0.25) is 9.59 Å². The zero-order valence-electron chi connectivity index (χ0n) is 15.8. The van der Waals surface area contributed by atoms with Crippen LogP contribution in [0.15, 0.2) is 0 Å². The van der Waals surface area contributed by atoms with Gasteiger partial charge in [0.1, 0.15) is 0 Å². The Bertz CT molecular complexity index is 497. The number of hydrogen-bond donors (Lipinski definition) is 2. The Kier molecular flexibility index (Phi) is 6.84. The summed E-state index contributed by atoms with van der Waals surface area (Å²) in [5.41, 5.74) is 0. The van der Waals surface area contributed by atoms with Crippen molar-refractivity contribution < 1.29 is 9.59 Å². The molecule has 148 valence electrons. The molecule has 0 aromatic rings. The summed E-state index contributed by atoms with van der Waals surface area (Å²) in [6, 6.07) is 1.46. The van der Waals surface area contributed by atoms with Crippen LogP contribution in [0.4, 0.5) is 0 Å². The van der Waals surface area contributed by atoms with Crippen molar-refractivity contribution >= 4 is 24.2 Å². The second-order valence-electron chi connectivity index (χ2n) is 8.85. The van der Waals surface area contributed by atoms with Crippen LogP contribution in [0.3, 0.4) is 0 Å². The molecule has 3 saturated heterocycles. The van der Waals surface area contributed by atoms with E-state index in [0.717, 1.165) is 45.2 Å². The Morgan fingerprint density at radius 2 is 1.65 bits per heavy atom. The molecule has 3 unspecified atom stereocenters. The van der Waals surface area contributed by atoms with Crippen LogP contribution < -0.4 is 10.6 Å². The molecule has 2 amide bonds. The van der Waals surface area contributed by atoms with Gasteiger partial charge in [-0.25, -0.2) is 0 Å². The Morgan fingerprint density at radius 3 is 2.35 bits per heavy atom. The molecule has 3 atom stereocenters. The summed E-state index contributed by atoms with van der Waals surface area (Å²) in [5.74, 6) is 1.32. The van der Waals surface area contributed by atoms with Gasteiger partial charge in [0.25, 0.3) is 0 Å². The van der Waals surface area contributed by atoms with Gasteiger partial charge in [-0.1, -0.05) is 19.3 Å². The predicted molar refractivity (Wildman–Crippen MR) is 104 cm³/mol. The minimum Gasteiger partial charge on any atom is -0.352 e. The number of nitrogens with one attached hydrogen (secondary N) is 2. The molecule has 0 radical (unpaired) electrons. The SMILES string of the molecule is Cl.O=C(CC1CC2CCC(C1)N2)NC1CCN(C(=O)C2CCCCC2)C1. The van der Waals surface area contributed by atoms with E-state index >= 15 is 0 Å². The molecule has 4 rings (SSSR count). The van der Waals surface area contributed by atoms with Crippen LogP contribution in [0.5, 0.6) is 0 Å². The standard InChI is InChI=1S/C20H33N3O2.ClH/c24-19(12-14-10-16-6-7-17(11-14)21-16)22-18-8-9-23(13-18)20(25)15-4-2-1-3-5-15;/h14-18,21H,1-13H2,(H,22,24);1H. The van der Waals surface area contributed by atoms with E-state index in [-0.39, 0.29) is 30.3 Å². The fraction of sp³-hybridized carbons (Fsp3) is 0.900. The molecule has 5 nitrogen and oxygen atoms in total. The monoisotopic (exact) mass is 383 g/mol. The van der Waals surface area contributed by atoms with E-state index in [0.29, 0.717) is 30.3 Å². The third-order valence-corrected chi connectivity index (χ3v) is 6.86. The van der Waals surface area contributed by atoms with Crippen molar-refractivity contribution in [3.8, 4) is 0 Å². The third kappa shape index (κ3) is 4.72. The van der Waals surface area contributed by atoms with Crippen LogP contribution in [-0.2, 0) is 9.59 Å². The van der Waals surface area contributed by atoms with Crippen molar-refractivity contribution in [1.29, 1.82) is 0 Å². The Morgan fingerprint density at radius 1 is 0.962 bits per heavy atom. The average Bonchev–Trinajstić information content (AvgIpc) is 3.21. The van der Waals surface area contributed by atoms with Crippen LogP contribution in [0, 0.1) is 11.8 Å². The van der Waals surface area contributed by atoms with Gasteiger partial charge in [-0.15, -0.1) is 12.4 Å². The van der Waals surface area contributed by atoms with Crippen molar-refractivity contribution in [3.05, 3.63) is 0 Å². The molecule has 3 heterocycles. The number of amides is 2. The largest absolute Gasteiger partial charge is 0.352 e. The molecule has 4 fully saturated rings. The molecule has 0 spiro atoms. The molecule has 26 heavy (non-hydrogen) atoms. The van der Waals surface area contributed by atoms with Crippen molar-refractivity contribution in [1.82, 2.24) is 15.5 Å². The van der Waals surface area contributed by atoms with Crippen molar-refractivity contribution in [2.24, 2.45) is 11.8 Å². The van der Waals surface area contributed by atoms with Crippen LogP contribution in [-0.4, -0.2) is 47.9 Å². The van der Waals surface area contributed by atoms with E-state index in [4.69, 9.17) is 0 Å². The van der Waals surface area contributed by atoms with E-state index in [1.807, 2.05) is 4.90 Å². The quantitative estimate of drug-likeness (QED) is 0.784. The molecule has 0 aromatic heterocycles. The lowest BCUT2D eigenvalue weighted by Crippen LogP contribution is -2.43. The number of rotatable bonds is 4. The topological polar surface area (TPSA) is 61.4 Å². The maximum absolute atomic E-state index is 12.6. The lowest BCUT2D eigenvalue weighted by molar-refractivity contribution is -0.135. The van der Waals surface area contributed by atoms with Gasteiger partial charge in [-0.05, 0) is 50.9 Å². The van der Waals surface area contributed by atoms with Crippen molar-refractivity contribution in [3.63, 3.8) is 0 Å². The highest BCUT2D eigenvalue weighted by atomic mass is 35.5. The molecule has 4 aliphatic rings. The highest BCUT2D eigenvalue weighted by Crippen LogP contribution is 2.32. The van der Waals surface area contributed by atoms with Crippen LogP contribution in [0.2, 0.25) is 0 Å². The second kappa shape index (κ2) is 8.92. The molecule has 1 aliphatic carbocycles. The third-order valence-electron chi connectivity index (χ3n) is 6.86. The summed E-state index contributed by atoms with van der Waals surface area (Å²) < 4.78 is 0. The van der Waals surface area contributed by atoms with Gasteiger partial charge >= 0.3 is 0 Å². The first-order valence-electron chi connectivity index (χ1n) is 10.5. The van der Waals surface area contributed by atoms with Crippen LogP contribution in [0.1, 0.15) is 70.6 Å². The van der Waals surface area contributed by atoms with Crippen LogP contribution in [0.25, 0.3) is 0 Å². The smallest absolute Gasteiger partial charge is 0.225 e. The summed E-state index contributed by atoms with van der Waals surface area (Å²) in [6.45, 7) is 1.54. The van der Waals surface area contributed by atoms with Gasteiger partial charge in [-0.2, -0.15) is 0 Å². The predicted octanol–water partition coefficient (Wildman–Crippen LogP) is 2.63. The Hall–Kier alpha value is -0.810. The number of carbonyl (C=O) groups excluding carboxylic acids is 2. The summed E-state index contributed by atoms with van der Waals surface area (Å²) in [6.07, 6.45) is 12.2. The van der Waals surface area contributed by atoms with Crippen molar-refractivity contribution in [2.45, 2.75) is 88.8 Å². The van der Waals surface area contributed by atoms with Gasteiger partial charge in [0.05, 0.1) is 0 Å². The highest BCUT2D eigenvalue weighted by molar-refractivity contribution is 5.85. The molecule has 1 saturated carbocycles. The number of piperidine rings is 1. The molecule has 3 aliphatic heterocycles. The average molecular weight is 384 g/mol. The number of carbonyl (C=O) groups is 2. The van der Waals surface area contributed by atoms with E-state index in [2.05, 4.69) is 10.6 Å². The van der Waals surface area contributed by atoms with Gasteiger partial charge < -0.3 is 15.5 Å². The zero-order valence-corrected chi connectivity index (χ0v) is 16.6. The normalized spacial score (nSPS) is 34.4. The first-order chi connectivity index (χ1) is 12.2. The Labute approximate surface area is 163 Å². The lowest BCUT2D eigenvalue weighted by Gasteiger charge is -2.29. The van der Waals surface area contributed by atoms with E-state index < -0.39 is 0 Å². The van der Waals surface area contributed by atoms with E-state index in [1.165, 1.54) is 32.1 Å². The van der Waals surface area contributed by atoms with Crippen LogP contribution >= 0.6 is 12.4 Å². The van der Waals surface area contributed by atoms with Crippen molar-refractivity contribution in [2.75, 3.05) is 13.1 Å². The fourth-order valence-electron chi connectivity index (χ4n) is 5.58. The zero-order chi connectivity index (χ0) is 17.2. The number of likely N-dealkylation sites (tertiary alicyclic amines) is 1. The maximum atomic E-state index is 12.6. The van der Waals surface area contributed by atoms with E-state index in [9.17, 15) is 9.59 Å². The summed E-state index contributed by atoms with van der Waals surface area (Å²) in [4.78, 5) is 27.1. The number of hydrogen-bond acceptors (Lipinski definition) is 3. The van der Waals surface area contributed by atoms with Gasteiger partial charge in [0.2, 0.25) is 11.8 Å². The number of fused-ring (bicyclic) bond motifs is 2. The fourth-order valence-corrected chi connectivity index (χ4v) is 5.58. The molecule has 0 aromatic carbocycles. The first-order valence-corrected chi connectivity index (χ1v) is 10.5. The summed E-state index contributed by atoms with van der Waals surface area (Å²) >= 11 is 0. The van der Waals surface area contributed by atoms with E-state index in [1.54, 1.807) is 0 Å². The molecular formula is C20H34ClN3O2. The summed E-state index contributed by atoms with van der Waals surface area (Å²) in [7, 11) is 0. The highest BCUT2D eigenvalue weighted by Gasteiger charge is 2.35. The molecule has 2 N–H and O–H groups in total. The minimum absolute atomic E-state index is 0.